The molecule has 10 fully saturated rings. The van der Waals surface area contributed by atoms with Crippen LogP contribution in [0.4, 0.5) is 0 Å². The van der Waals surface area contributed by atoms with Crippen molar-refractivity contribution in [3.8, 4) is 0 Å². The molecule has 10 rings (SSSR count). The van der Waals surface area contributed by atoms with Gasteiger partial charge in [-0.25, -0.2) is 0 Å². The summed E-state index contributed by atoms with van der Waals surface area (Å²) in [5.41, 5.74) is 0. The van der Waals surface area contributed by atoms with Crippen LogP contribution in [0.25, 0.3) is 0 Å². The van der Waals surface area contributed by atoms with Crippen molar-refractivity contribution in [1.29, 1.82) is 0 Å². The van der Waals surface area contributed by atoms with Gasteiger partial charge in [-0.1, -0.05) is 0 Å². The van der Waals surface area contributed by atoms with Gasteiger partial charge in [0, 0.05) is 0 Å². The number of hydrogen-bond acceptors (Lipinski definition) is 0. The molecule has 3 heteroatoms. The van der Waals surface area contributed by atoms with E-state index in [-0.39, 0.29) is 0 Å². The van der Waals surface area contributed by atoms with Crippen molar-refractivity contribution in [2.45, 2.75) is 114 Å². The third-order valence-electron chi connectivity index (χ3n) is 24.4. The fourth-order valence-electron chi connectivity index (χ4n) is 28.5. The topological polar surface area (TPSA) is 0 Å². The van der Waals surface area contributed by atoms with Crippen LogP contribution in [0.1, 0.15) is 79.1 Å². The third-order valence-corrected chi connectivity index (χ3v) is 145. The van der Waals surface area contributed by atoms with Crippen molar-refractivity contribution in [3.63, 3.8) is 0 Å². The zero-order chi connectivity index (χ0) is 19.6. The molecule has 29 heavy (non-hydrogen) atoms. The minimum absolute atomic E-state index is 0.430. The van der Waals surface area contributed by atoms with Gasteiger partial charge in [-0.05, 0) is 0 Å². The van der Waals surface area contributed by atoms with E-state index in [1.807, 2.05) is 0 Å². The standard InChI is InChI=1S/C21H39P2.C5H5.Zr/c1-5-9-16-22(17-10-6-2)20-14-13-15-21(20)23(18-11-7-3)19-12-8-4;1-2-4-5-3-1;/h13-15H,5-12,16-19H2,1-4H3;1-5H;. The summed E-state index contributed by atoms with van der Waals surface area (Å²) in [4.78, 5) is 0. The van der Waals surface area contributed by atoms with E-state index < -0.39 is 11.4 Å². The first-order valence-electron chi connectivity index (χ1n) is 14.5. The van der Waals surface area contributed by atoms with E-state index >= 15 is 0 Å². The van der Waals surface area contributed by atoms with Gasteiger partial charge in [-0.3, -0.25) is 0 Å². The van der Waals surface area contributed by atoms with Crippen LogP contribution < -0.4 is 0 Å². The Morgan fingerprint density at radius 3 is 1.03 bits per heavy atom. The molecule has 0 nitrogen and oxygen atoms in total. The summed E-state index contributed by atoms with van der Waals surface area (Å²) in [6.45, 7) is 9.94. The quantitative estimate of drug-likeness (QED) is 0.205. The second-order valence-corrected chi connectivity index (χ2v) is 77.2. The molecular weight excluding hydrogens is 465 g/mol. The van der Waals surface area contributed by atoms with E-state index in [0.717, 1.165) is 0 Å². The first kappa shape index (κ1) is 17.2. The van der Waals surface area contributed by atoms with Gasteiger partial charge in [0.25, 0.3) is 0 Å². The maximum absolute atomic E-state index is 3.77. The minimum atomic E-state index is -3.77. The van der Waals surface area contributed by atoms with Crippen molar-refractivity contribution in [1.82, 2.24) is 0 Å². The monoisotopic (exact) mass is 508 g/mol. The summed E-state index contributed by atoms with van der Waals surface area (Å²) in [7, 11) is 0.861. The number of unbranched alkanes of at least 4 members (excludes halogenated alkanes) is 4. The molecule has 0 aliphatic carbocycles. The van der Waals surface area contributed by atoms with Crippen LogP contribution >= 0.6 is 15.8 Å². The Morgan fingerprint density at radius 1 is 0.517 bits per heavy atom. The van der Waals surface area contributed by atoms with Gasteiger partial charge in [0.15, 0.2) is 0 Å². The van der Waals surface area contributed by atoms with Gasteiger partial charge >= 0.3 is 166 Å². The second kappa shape index (κ2) is 2.42. The van der Waals surface area contributed by atoms with Crippen LogP contribution in [0, 0.1) is 0 Å². The summed E-state index contributed by atoms with van der Waals surface area (Å²) in [6, 6.07) is 0. The molecule has 0 aromatic carbocycles. The predicted molar refractivity (Wildman–Crippen MR) is 128 cm³/mol. The molecule has 10 saturated heterocycles. The molecule has 0 aromatic heterocycles. The van der Waals surface area contributed by atoms with Crippen LogP contribution in [0.15, 0.2) is 0 Å². The molecule has 10 aliphatic heterocycles. The Kier molecular flexibility index (Phi) is 1.44. The molecule has 0 N–H and O–H groups in total. The van der Waals surface area contributed by atoms with Crippen molar-refractivity contribution in [2.75, 3.05) is 24.6 Å². The molecule has 0 amide bonds. The van der Waals surface area contributed by atoms with Crippen molar-refractivity contribution in [3.05, 3.63) is 0 Å². The van der Waals surface area contributed by atoms with E-state index in [4.69, 9.17) is 0 Å². The molecule has 0 bridgehead atoms. The third kappa shape index (κ3) is 0.347. The van der Waals surface area contributed by atoms with E-state index in [1.54, 1.807) is 79.3 Å². The molecule has 10 aliphatic rings. The van der Waals surface area contributed by atoms with Gasteiger partial charge in [-0.2, -0.15) is 0 Å². The molecule has 162 valence electrons. The number of rotatable bonds is 14. The Labute approximate surface area is 164 Å². The summed E-state index contributed by atoms with van der Waals surface area (Å²) >= 11 is -3.77. The van der Waals surface area contributed by atoms with Gasteiger partial charge in [-0.15, -0.1) is 0 Å². The number of hydrogen-bond donors (Lipinski definition) is 0. The predicted octanol–water partition coefficient (Wildman–Crippen LogP) is 9.36. The zero-order valence-electron chi connectivity index (χ0n) is 19.5. The Bertz CT molecular complexity index is 1080. The van der Waals surface area contributed by atoms with Crippen LogP contribution in [0.5, 0.6) is 0 Å². The second-order valence-electron chi connectivity index (χ2n) is 18.1. The van der Waals surface area contributed by atoms with Crippen molar-refractivity contribution < 1.29 is 11.4 Å². The van der Waals surface area contributed by atoms with E-state index in [1.165, 1.54) is 31.4 Å². The maximum atomic E-state index is 2.49. The fraction of sp³-hybridized carbons (Fsp3) is 1.00. The van der Waals surface area contributed by atoms with E-state index in [9.17, 15) is 0 Å². The molecule has 4 atom stereocenters. The average molecular weight is 510 g/mol. The van der Waals surface area contributed by atoms with E-state index in [0.29, 0.717) is 15.8 Å². The SMILES string of the molecule is CCCCP(CCCC)[C]12[CH]3[CH]4[CH]5[C]1(P(CCCC)CCCC)[Zr]43521678[CH]2[CH]1[CH]6[CH]7[CH]28. The van der Waals surface area contributed by atoms with Gasteiger partial charge in [0.05, 0.1) is 0 Å². The molecule has 0 saturated carbocycles. The Hall–Kier alpha value is 1.74. The number of fused-ring (bicyclic) bond motifs is 10. The van der Waals surface area contributed by atoms with Crippen molar-refractivity contribution in [2.24, 2.45) is 0 Å². The summed E-state index contributed by atoms with van der Waals surface area (Å²) in [5, 5.41) is 0. The fourth-order valence-corrected chi connectivity index (χ4v) is 319. The average Bonchev–Trinajstić information content (AvgIpc) is 3.67. The normalized spacial score (nSPS) is 77.9. The first-order chi connectivity index (χ1) is 14.0. The first-order valence-corrected chi connectivity index (χ1v) is 31.7. The summed E-state index contributed by atoms with van der Waals surface area (Å²) in [5.74, 6) is 0. The van der Waals surface area contributed by atoms with Crippen LogP contribution in [-0.2, 0) is 11.4 Å². The molecule has 10 heterocycles. The molecule has 0 aromatic rings. The summed E-state index contributed by atoms with van der Waals surface area (Å²) < 4.78 is 15.1. The van der Waals surface area contributed by atoms with Crippen molar-refractivity contribution >= 4 is 15.8 Å². The molecule has 4 unspecified atom stereocenters. The van der Waals surface area contributed by atoms with Crippen LogP contribution in [-0.4, -0.2) is 30.4 Å². The van der Waals surface area contributed by atoms with Crippen LogP contribution in [0.3, 0.4) is 0 Å². The Balaban J connectivity index is 1.19. The molecule has 1 spiro atoms. The zero-order valence-corrected chi connectivity index (χ0v) is 23.7. The molecular formula is C26H44P2Zr. The van der Waals surface area contributed by atoms with Gasteiger partial charge in [0.1, 0.15) is 0 Å². The summed E-state index contributed by atoms with van der Waals surface area (Å²) in [6.07, 6.45) is 19.3. The van der Waals surface area contributed by atoms with Gasteiger partial charge in [0.2, 0.25) is 0 Å². The molecule has 0 radical (unpaired) electrons. The Morgan fingerprint density at radius 2 is 0.828 bits per heavy atom. The van der Waals surface area contributed by atoms with E-state index in [2.05, 4.69) is 27.7 Å². The van der Waals surface area contributed by atoms with Crippen LogP contribution in [0.2, 0.25) is 29.0 Å². The van der Waals surface area contributed by atoms with Gasteiger partial charge < -0.3 is 0 Å².